The molecule has 0 spiro atoms. The number of hydrogen-bond donors (Lipinski definition) is 1. The number of carbonyl (C=O) groups is 1. The van der Waals surface area contributed by atoms with E-state index >= 15 is 0 Å². The van der Waals surface area contributed by atoms with Gasteiger partial charge in [-0.15, -0.1) is 11.3 Å². The highest BCUT2D eigenvalue weighted by Gasteiger charge is 2.22. The van der Waals surface area contributed by atoms with E-state index in [4.69, 9.17) is 9.47 Å². The lowest BCUT2D eigenvalue weighted by Crippen LogP contribution is -2.36. The zero-order valence-electron chi connectivity index (χ0n) is 16.8. The summed E-state index contributed by atoms with van der Waals surface area (Å²) in [5, 5.41) is 3.76. The number of benzene rings is 2. The minimum Gasteiger partial charge on any atom is -0.481 e. The zero-order valence-corrected chi connectivity index (χ0v) is 17.6. The number of ether oxygens (including phenoxy) is 2. The van der Waals surface area contributed by atoms with Gasteiger partial charge in [-0.05, 0) is 55.2 Å². The molecule has 2 aromatic heterocycles. The summed E-state index contributed by atoms with van der Waals surface area (Å²) in [6.45, 7) is 0.716. The quantitative estimate of drug-likeness (QED) is 0.470. The fourth-order valence-corrected chi connectivity index (χ4v) is 4.54. The van der Waals surface area contributed by atoms with Gasteiger partial charge in [-0.1, -0.05) is 30.3 Å². The Morgan fingerprint density at radius 1 is 0.968 bits per heavy atom. The molecule has 156 valence electrons. The van der Waals surface area contributed by atoms with E-state index in [1.807, 2.05) is 42.5 Å². The molecule has 5 rings (SSSR count). The number of hydrogen-bond acceptors (Lipinski definition) is 6. The Balaban J connectivity index is 1.34. The minimum absolute atomic E-state index is 0.0483. The summed E-state index contributed by atoms with van der Waals surface area (Å²) < 4.78 is 11.9. The molecule has 6 nitrogen and oxygen atoms in total. The minimum atomic E-state index is -0.446. The first kappa shape index (κ1) is 19.5. The van der Waals surface area contributed by atoms with Crippen LogP contribution in [-0.4, -0.2) is 28.5 Å². The van der Waals surface area contributed by atoms with Gasteiger partial charge in [-0.2, -0.15) is 0 Å². The van der Waals surface area contributed by atoms with Crippen molar-refractivity contribution in [3.8, 4) is 27.8 Å². The molecule has 4 aromatic rings. The summed E-state index contributed by atoms with van der Waals surface area (Å²) in [6, 6.07) is 19.5. The normalized spacial score (nSPS) is 16.5. The molecule has 1 N–H and O–H groups in total. The van der Waals surface area contributed by atoms with Crippen molar-refractivity contribution < 1.29 is 14.3 Å². The lowest BCUT2D eigenvalue weighted by atomic mass is 10.2. The maximum Gasteiger partial charge on any atom is 0.261 e. The van der Waals surface area contributed by atoms with E-state index in [1.165, 1.54) is 6.33 Å². The average molecular weight is 432 g/mol. The van der Waals surface area contributed by atoms with Crippen LogP contribution in [0.3, 0.4) is 0 Å². The molecule has 0 aliphatic carbocycles. The van der Waals surface area contributed by atoms with Crippen molar-refractivity contribution in [3.63, 3.8) is 0 Å². The van der Waals surface area contributed by atoms with Crippen molar-refractivity contribution >= 4 is 27.5 Å². The smallest absolute Gasteiger partial charge is 0.261 e. The Hall–Kier alpha value is -3.45. The van der Waals surface area contributed by atoms with E-state index in [1.54, 1.807) is 11.3 Å². The van der Waals surface area contributed by atoms with Crippen LogP contribution in [0.4, 0.5) is 0 Å². The molecule has 2 aromatic carbocycles. The summed E-state index contributed by atoms with van der Waals surface area (Å²) in [5.74, 6) is 1.75. The number of aromatic nitrogens is 2. The van der Waals surface area contributed by atoms with E-state index in [0.717, 1.165) is 39.9 Å². The second-order valence-electron chi connectivity index (χ2n) is 7.34. The highest BCUT2D eigenvalue weighted by molar-refractivity contribution is 7.21. The second-order valence-corrected chi connectivity index (χ2v) is 8.37. The highest BCUT2D eigenvalue weighted by atomic mass is 32.1. The van der Waals surface area contributed by atoms with Gasteiger partial charge in [0.25, 0.3) is 5.91 Å². The van der Waals surface area contributed by atoms with Gasteiger partial charge in [0, 0.05) is 11.4 Å². The monoisotopic (exact) mass is 431 g/mol. The summed E-state index contributed by atoms with van der Waals surface area (Å²) in [5.41, 5.74) is 1.14. The summed E-state index contributed by atoms with van der Waals surface area (Å²) in [6.07, 6.45) is 3.76. The van der Waals surface area contributed by atoms with Gasteiger partial charge in [0.05, 0.1) is 5.39 Å². The number of carbonyl (C=O) groups excluding carboxylic acids is 1. The van der Waals surface area contributed by atoms with Crippen molar-refractivity contribution in [2.24, 2.45) is 0 Å². The van der Waals surface area contributed by atoms with Gasteiger partial charge < -0.3 is 14.8 Å². The van der Waals surface area contributed by atoms with Crippen LogP contribution in [0.1, 0.15) is 19.3 Å². The van der Waals surface area contributed by atoms with E-state index in [-0.39, 0.29) is 5.91 Å². The molecular formula is C24H21N3O3S. The Labute approximate surface area is 183 Å². The third-order valence-corrected chi connectivity index (χ3v) is 6.24. The first-order valence-corrected chi connectivity index (χ1v) is 11.1. The van der Waals surface area contributed by atoms with Crippen molar-refractivity contribution in [1.29, 1.82) is 0 Å². The van der Waals surface area contributed by atoms with Crippen LogP contribution < -0.4 is 14.8 Å². The molecule has 1 fully saturated rings. The molecule has 1 aliphatic rings. The van der Waals surface area contributed by atoms with E-state index in [9.17, 15) is 4.79 Å². The fraction of sp³-hybridized carbons (Fsp3) is 0.208. The predicted octanol–water partition coefficient (Wildman–Crippen LogP) is 5.20. The van der Waals surface area contributed by atoms with Gasteiger partial charge in [0.15, 0.2) is 6.10 Å². The predicted molar refractivity (Wildman–Crippen MR) is 121 cm³/mol. The SMILES string of the molecule is O=C1NCCCC[C@H]1Oc1ccc(Oc2ncnc3sc(-c4ccccc4)cc23)cc1. The Bertz CT molecular complexity index is 1190. The Morgan fingerprint density at radius 3 is 2.61 bits per heavy atom. The third-order valence-electron chi connectivity index (χ3n) is 5.15. The van der Waals surface area contributed by atoms with Crippen LogP contribution in [0, 0.1) is 0 Å². The van der Waals surface area contributed by atoms with Gasteiger partial charge >= 0.3 is 0 Å². The highest BCUT2D eigenvalue weighted by Crippen LogP contribution is 2.37. The maximum atomic E-state index is 12.1. The number of thiophene rings is 1. The number of amides is 1. The zero-order chi connectivity index (χ0) is 21.0. The van der Waals surface area contributed by atoms with E-state index < -0.39 is 6.10 Å². The van der Waals surface area contributed by atoms with Crippen molar-refractivity contribution in [2.75, 3.05) is 6.54 Å². The van der Waals surface area contributed by atoms with Gasteiger partial charge in [-0.25, -0.2) is 9.97 Å². The molecular weight excluding hydrogens is 410 g/mol. The number of nitrogens with zero attached hydrogens (tertiary/aromatic N) is 2. The summed E-state index contributed by atoms with van der Waals surface area (Å²) in [4.78, 5) is 22.8. The maximum absolute atomic E-state index is 12.1. The average Bonchev–Trinajstić information content (AvgIpc) is 3.15. The number of fused-ring (bicyclic) bond motifs is 1. The Kier molecular flexibility index (Phi) is 5.50. The first-order chi connectivity index (χ1) is 15.3. The standard InChI is InChI=1S/C24H21N3O3S/c28-22-20(8-4-5-13-25-22)29-17-9-11-18(12-10-17)30-23-19-14-21(16-6-2-1-3-7-16)31-24(19)27-15-26-23/h1-3,6-7,9-12,14-15,20H,4-5,8,13H2,(H,25,28)/t20-/m1/s1. The number of nitrogens with one attached hydrogen (secondary N) is 1. The molecule has 1 amide bonds. The molecule has 1 saturated heterocycles. The van der Waals surface area contributed by atoms with Gasteiger partial charge in [-0.3, -0.25) is 4.79 Å². The van der Waals surface area contributed by atoms with Gasteiger partial charge in [0.2, 0.25) is 5.88 Å². The second kappa shape index (κ2) is 8.73. The van der Waals surface area contributed by atoms with E-state index in [0.29, 0.717) is 23.9 Å². The van der Waals surface area contributed by atoms with Crippen molar-refractivity contribution in [2.45, 2.75) is 25.4 Å². The number of rotatable bonds is 5. The molecule has 1 atom stereocenters. The molecule has 0 radical (unpaired) electrons. The molecule has 1 aliphatic heterocycles. The summed E-state index contributed by atoms with van der Waals surface area (Å²) >= 11 is 1.61. The van der Waals surface area contributed by atoms with Crippen LogP contribution in [0.2, 0.25) is 0 Å². The van der Waals surface area contributed by atoms with Crippen LogP contribution in [0.25, 0.3) is 20.7 Å². The molecule has 31 heavy (non-hydrogen) atoms. The largest absolute Gasteiger partial charge is 0.481 e. The molecule has 3 heterocycles. The van der Waals surface area contributed by atoms with Crippen LogP contribution in [-0.2, 0) is 4.79 Å². The van der Waals surface area contributed by atoms with Crippen molar-refractivity contribution in [3.05, 3.63) is 67.0 Å². The topological polar surface area (TPSA) is 73.3 Å². The van der Waals surface area contributed by atoms with Crippen LogP contribution in [0.15, 0.2) is 67.0 Å². The summed E-state index contributed by atoms with van der Waals surface area (Å²) in [7, 11) is 0. The van der Waals surface area contributed by atoms with Crippen molar-refractivity contribution in [1.82, 2.24) is 15.3 Å². The lowest BCUT2D eigenvalue weighted by molar-refractivity contribution is -0.127. The first-order valence-electron chi connectivity index (χ1n) is 10.3. The molecule has 7 heteroatoms. The Morgan fingerprint density at radius 2 is 1.77 bits per heavy atom. The van der Waals surface area contributed by atoms with Crippen LogP contribution >= 0.6 is 11.3 Å². The molecule has 0 unspecified atom stereocenters. The lowest BCUT2D eigenvalue weighted by Gasteiger charge is -2.16. The molecule has 0 saturated carbocycles. The van der Waals surface area contributed by atoms with Crippen LogP contribution in [0.5, 0.6) is 17.4 Å². The molecule has 0 bridgehead atoms. The van der Waals surface area contributed by atoms with E-state index in [2.05, 4.69) is 33.5 Å². The fourth-order valence-electron chi connectivity index (χ4n) is 3.55. The third kappa shape index (κ3) is 4.36. The van der Waals surface area contributed by atoms with Gasteiger partial charge in [0.1, 0.15) is 22.7 Å².